The van der Waals surface area contributed by atoms with E-state index >= 15 is 0 Å². The van der Waals surface area contributed by atoms with Gasteiger partial charge in [-0.1, -0.05) is 30.7 Å². The predicted octanol–water partition coefficient (Wildman–Crippen LogP) is 5.70. The number of sulfonamides is 1. The smallest absolute Gasteiger partial charge is 0.355 e. The zero-order chi connectivity index (χ0) is 30.3. The first kappa shape index (κ1) is 29.2. The number of halogens is 2. The van der Waals surface area contributed by atoms with Crippen LogP contribution in [0.5, 0.6) is 0 Å². The number of aromatic carboxylic acids is 1. The maximum Gasteiger partial charge on any atom is 0.355 e. The maximum absolute atomic E-state index is 14.9. The number of nitrogens with two attached hydrogens (primary N) is 1. The second kappa shape index (κ2) is 11.6. The summed E-state index contributed by atoms with van der Waals surface area (Å²) in [6.07, 6.45) is 7.08. The SMILES string of the molecule is NS(=O)(=O)c1ccc(Cc2c(-c3ccc(F)c(C#CC4CCCC4)c3)nn(-c3nc(C(=O)O)cs3)c2CC2CC2)cc1F. The number of benzene rings is 2. The number of primary sulfonamides is 1. The lowest BCUT2D eigenvalue weighted by Crippen LogP contribution is -2.14. The molecule has 0 aliphatic heterocycles. The Morgan fingerprint density at radius 2 is 1.86 bits per heavy atom. The molecule has 2 aromatic heterocycles. The van der Waals surface area contributed by atoms with Gasteiger partial charge in [0.1, 0.15) is 16.5 Å². The molecular weight excluding hydrogens is 594 g/mol. The van der Waals surface area contributed by atoms with E-state index in [1.54, 1.807) is 16.8 Å². The molecule has 4 aromatic rings. The molecular formula is C31H28F2N4O4S2. The van der Waals surface area contributed by atoms with E-state index in [1.165, 1.54) is 17.5 Å². The molecule has 0 bridgehead atoms. The summed E-state index contributed by atoms with van der Waals surface area (Å²) in [5, 5.41) is 21.3. The van der Waals surface area contributed by atoms with E-state index in [1.807, 2.05) is 0 Å². The lowest BCUT2D eigenvalue weighted by atomic mass is 9.96. The van der Waals surface area contributed by atoms with E-state index < -0.39 is 32.5 Å². The second-order valence-electron chi connectivity index (χ2n) is 11.1. The molecule has 0 radical (unpaired) electrons. The summed E-state index contributed by atoms with van der Waals surface area (Å²) < 4.78 is 55.0. The number of thiazole rings is 1. The molecule has 2 aliphatic rings. The molecule has 2 aromatic carbocycles. The van der Waals surface area contributed by atoms with Crippen molar-refractivity contribution in [1.29, 1.82) is 0 Å². The van der Waals surface area contributed by atoms with E-state index in [0.29, 0.717) is 34.3 Å². The van der Waals surface area contributed by atoms with Crippen LogP contribution in [0.2, 0.25) is 0 Å². The molecule has 0 saturated heterocycles. The van der Waals surface area contributed by atoms with Gasteiger partial charge in [-0.15, -0.1) is 11.3 Å². The zero-order valence-corrected chi connectivity index (χ0v) is 24.6. The van der Waals surface area contributed by atoms with Crippen LogP contribution in [0.3, 0.4) is 0 Å². The second-order valence-corrected chi connectivity index (χ2v) is 13.5. The fourth-order valence-electron chi connectivity index (χ4n) is 5.43. The van der Waals surface area contributed by atoms with E-state index in [-0.39, 0.29) is 23.6 Å². The van der Waals surface area contributed by atoms with Crippen molar-refractivity contribution >= 4 is 27.3 Å². The molecule has 0 unspecified atom stereocenters. The van der Waals surface area contributed by atoms with Crippen molar-refractivity contribution in [2.45, 2.75) is 56.3 Å². The quantitative estimate of drug-likeness (QED) is 0.243. The first-order chi connectivity index (χ1) is 20.6. The molecule has 43 heavy (non-hydrogen) atoms. The van der Waals surface area contributed by atoms with Crippen molar-refractivity contribution < 1.29 is 27.1 Å². The van der Waals surface area contributed by atoms with Crippen LogP contribution in [0.4, 0.5) is 8.78 Å². The minimum atomic E-state index is -4.24. The first-order valence-corrected chi connectivity index (χ1v) is 16.4. The van der Waals surface area contributed by atoms with Crippen LogP contribution in [0.25, 0.3) is 16.4 Å². The van der Waals surface area contributed by atoms with Crippen LogP contribution < -0.4 is 5.14 Å². The highest BCUT2D eigenvalue weighted by atomic mass is 32.2. The normalized spacial score (nSPS) is 15.4. The highest BCUT2D eigenvalue weighted by Gasteiger charge is 2.30. The van der Waals surface area contributed by atoms with Crippen LogP contribution >= 0.6 is 11.3 Å². The lowest BCUT2D eigenvalue weighted by molar-refractivity contribution is 0.0691. The van der Waals surface area contributed by atoms with Crippen LogP contribution in [0.15, 0.2) is 46.7 Å². The van der Waals surface area contributed by atoms with Crippen molar-refractivity contribution in [2.75, 3.05) is 0 Å². The topological polar surface area (TPSA) is 128 Å². The summed E-state index contributed by atoms with van der Waals surface area (Å²) in [5.74, 6) is 4.29. The predicted molar refractivity (Wildman–Crippen MR) is 157 cm³/mol. The molecule has 3 N–H and O–H groups in total. The standard InChI is InChI=1S/C31H28F2N4O4S2/c32-24-11-10-22(16-21(24)9-7-18-3-1-2-4-18)29-23(13-20-8-12-28(25(33)14-20)43(34,40)41)27(15-19-5-6-19)37(36-29)31-35-26(17-42-31)30(38)39/h8,10-12,14,16-19H,1-6,13,15H2,(H,38,39)(H2,34,40,41). The number of nitrogens with zero attached hydrogens (tertiary/aromatic N) is 3. The summed E-state index contributed by atoms with van der Waals surface area (Å²) in [7, 11) is -4.24. The Bertz CT molecular complexity index is 1900. The number of carboxylic acid groups (broad SMARTS) is 1. The van der Waals surface area contributed by atoms with Gasteiger partial charge in [-0.05, 0) is 73.9 Å². The van der Waals surface area contributed by atoms with E-state index in [9.17, 15) is 27.1 Å². The maximum atomic E-state index is 14.9. The highest BCUT2D eigenvalue weighted by Crippen LogP contribution is 2.38. The number of hydrogen-bond donors (Lipinski definition) is 2. The Morgan fingerprint density at radius 1 is 1.09 bits per heavy atom. The molecule has 2 fully saturated rings. The van der Waals surface area contributed by atoms with Crippen molar-refractivity contribution in [3.05, 3.63) is 81.5 Å². The van der Waals surface area contributed by atoms with Crippen molar-refractivity contribution in [3.8, 4) is 28.2 Å². The van der Waals surface area contributed by atoms with Crippen LogP contribution in [-0.2, 0) is 22.9 Å². The molecule has 0 spiro atoms. The van der Waals surface area contributed by atoms with Gasteiger partial charge in [0, 0.05) is 28.8 Å². The fraction of sp³-hybridized carbons (Fsp3) is 0.323. The molecule has 12 heteroatoms. The number of aromatic nitrogens is 3. The van der Waals surface area contributed by atoms with Gasteiger partial charge in [0.25, 0.3) is 0 Å². The van der Waals surface area contributed by atoms with E-state index in [0.717, 1.165) is 73.3 Å². The number of carboxylic acids is 1. The highest BCUT2D eigenvalue weighted by molar-refractivity contribution is 7.89. The average Bonchev–Trinajstić information content (AvgIpc) is 3.30. The largest absolute Gasteiger partial charge is 0.476 e. The Kier molecular flexibility index (Phi) is 7.89. The Morgan fingerprint density at radius 3 is 2.51 bits per heavy atom. The third kappa shape index (κ3) is 6.39. The lowest BCUT2D eigenvalue weighted by Gasteiger charge is -2.10. The van der Waals surface area contributed by atoms with Crippen molar-refractivity contribution in [1.82, 2.24) is 14.8 Å². The number of hydrogen-bond acceptors (Lipinski definition) is 6. The van der Waals surface area contributed by atoms with E-state index in [2.05, 4.69) is 16.8 Å². The molecule has 0 atom stereocenters. The monoisotopic (exact) mass is 622 g/mol. The van der Waals surface area contributed by atoms with Gasteiger partial charge in [0.15, 0.2) is 5.69 Å². The molecule has 2 saturated carbocycles. The number of rotatable bonds is 8. The fourth-order valence-corrected chi connectivity index (χ4v) is 6.79. The molecule has 8 nitrogen and oxygen atoms in total. The Balaban J connectivity index is 1.50. The molecule has 0 amide bonds. The van der Waals surface area contributed by atoms with Gasteiger partial charge in [0.2, 0.25) is 15.2 Å². The summed E-state index contributed by atoms with van der Waals surface area (Å²) in [6.45, 7) is 0. The van der Waals surface area contributed by atoms with Gasteiger partial charge >= 0.3 is 5.97 Å². The summed E-state index contributed by atoms with van der Waals surface area (Å²) in [4.78, 5) is 15.3. The molecule has 222 valence electrons. The van der Waals surface area contributed by atoms with Gasteiger partial charge in [-0.3, -0.25) is 0 Å². The van der Waals surface area contributed by atoms with Crippen molar-refractivity contribution in [2.24, 2.45) is 17.0 Å². The third-order valence-corrected chi connectivity index (χ3v) is 9.61. The Labute approximate surface area is 251 Å². The van der Waals surface area contributed by atoms with Gasteiger partial charge in [-0.25, -0.2) is 36.8 Å². The summed E-state index contributed by atoms with van der Waals surface area (Å²) >= 11 is 1.14. The van der Waals surface area contributed by atoms with Crippen LogP contribution in [0.1, 0.15) is 71.4 Å². The molecule has 2 heterocycles. The summed E-state index contributed by atoms with van der Waals surface area (Å²) in [5.41, 5.74) is 3.23. The van der Waals surface area contributed by atoms with Gasteiger partial charge in [-0.2, -0.15) is 5.10 Å². The summed E-state index contributed by atoms with van der Waals surface area (Å²) in [6, 6.07) is 8.39. The molecule has 2 aliphatic carbocycles. The average molecular weight is 623 g/mol. The Hall–Kier alpha value is -3.92. The minimum absolute atomic E-state index is 0.108. The minimum Gasteiger partial charge on any atom is -0.476 e. The molecule has 6 rings (SSSR count). The van der Waals surface area contributed by atoms with Crippen LogP contribution in [0, 0.1) is 35.3 Å². The van der Waals surface area contributed by atoms with Gasteiger partial charge in [0.05, 0.1) is 17.0 Å². The van der Waals surface area contributed by atoms with Crippen molar-refractivity contribution in [3.63, 3.8) is 0 Å². The third-order valence-electron chi connectivity index (χ3n) is 7.85. The first-order valence-electron chi connectivity index (χ1n) is 14.0. The van der Waals surface area contributed by atoms with Crippen LogP contribution in [-0.4, -0.2) is 34.3 Å². The van der Waals surface area contributed by atoms with E-state index in [4.69, 9.17) is 10.2 Å². The number of carbonyl (C=O) groups is 1. The zero-order valence-electron chi connectivity index (χ0n) is 23.0. The van der Waals surface area contributed by atoms with Gasteiger partial charge < -0.3 is 5.11 Å².